The summed E-state index contributed by atoms with van der Waals surface area (Å²) in [6.07, 6.45) is 2.07. The molecule has 0 fully saturated rings. The van der Waals surface area contributed by atoms with E-state index in [1.807, 2.05) is 42.2 Å². The van der Waals surface area contributed by atoms with Gasteiger partial charge in [0.15, 0.2) is 0 Å². The number of nitrogens with zero attached hydrogens (tertiary/aromatic N) is 1. The Labute approximate surface area is 124 Å². The van der Waals surface area contributed by atoms with Crippen molar-refractivity contribution in [1.29, 1.82) is 0 Å². The molecule has 1 amide bonds. The van der Waals surface area contributed by atoms with Crippen LogP contribution in [0, 0.1) is 6.92 Å². The van der Waals surface area contributed by atoms with Crippen molar-refractivity contribution in [2.75, 3.05) is 0 Å². The molecule has 1 heterocycles. The fraction of sp³-hybridized carbons (Fsp3) is 0.235. The molecule has 0 aliphatic heterocycles. The third-order valence-electron chi connectivity index (χ3n) is 3.10. The van der Waals surface area contributed by atoms with Gasteiger partial charge < -0.3 is 4.90 Å². The molecular weight excluding hydrogens is 266 g/mol. The quantitative estimate of drug-likeness (QED) is 0.812. The Morgan fingerprint density at radius 3 is 2.40 bits per heavy atom. The lowest BCUT2D eigenvalue weighted by molar-refractivity contribution is -0.127. The first-order valence-corrected chi connectivity index (χ1v) is 7.44. The average molecular weight is 285 g/mol. The van der Waals surface area contributed by atoms with Gasteiger partial charge in [-0.15, -0.1) is 11.3 Å². The van der Waals surface area contributed by atoms with Gasteiger partial charge in [0.25, 0.3) is 0 Å². The molecule has 2 aromatic rings. The van der Waals surface area contributed by atoms with Crippen molar-refractivity contribution in [3.8, 4) is 0 Å². The number of rotatable bonds is 4. The van der Waals surface area contributed by atoms with Crippen LogP contribution in [0.25, 0.3) is 6.08 Å². The van der Waals surface area contributed by atoms with Crippen LogP contribution in [0.3, 0.4) is 0 Å². The van der Waals surface area contributed by atoms with Gasteiger partial charge in [-0.2, -0.15) is 0 Å². The first-order valence-electron chi connectivity index (χ1n) is 6.63. The van der Waals surface area contributed by atoms with E-state index < -0.39 is 0 Å². The molecule has 1 aromatic carbocycles. The predicted octanol–water partition coefficient (Wildman–Crippen LogP) is 4.47. The number of allylic oxidation sites excluding steroid dienone is 1. The van der Waals surface area contributed by atoms with E-state index in [0.717, 1.165) is 11.3 Å². The van der Waals surface area contributed by atoms with Crippen molar-refractivity contribution in [1.82, 2.24) is 4.90 Å². The molecule has 0 N–H and O–H groups in total. The highest BCUT2D eigenvalue weighted by Gasteiger charge is 2.11. The SMILES string of the molecule is CC(=O)N(Cc1ccccc1)/C(C)=C\c1ccc(C)s1. The maximum absolute atomic E-state index is 11.9. The second-order valence-corrected chi connectivity index (χ2v) is 6.14. The summed E-state index contributed by atoms with van der Waals surface area (Å²) in [5, 5.41) is 0. The van der Waals surface area contributed by atoms with Crippen LogP contribution in [0.5, 0.6) is 0 Å². The Kier molecular flexibility index (Phi) is 4.74. The van der Waals surface area contributed by atoms with E-state index in [1.54, 1.807) is 18.3 Å². The van der Waals surface area contributed by atoms with Gasteiger partial charge in [0.1, 0.15) is 0 Å². The number of carbonyl (C=O) groups is 1. The number of benzene rings is 1. The molecule has 2 nitrogen and oxygen atoms in total. The Balaban J connectivity index is 2.20. The molecule has 20 heavy (non-hydrogen) atoms. The largest absolute Gasteiger partial charge is 0.312 e. The minimum absolute atomic E-state index is 0.0656. The zero-order chi connectivity index (χ0) is 14.5. The van der Waals surface area contributed by atoms with E-state index in [9.17, 15) is 4.79 Å². The molecule has 0 radical (unpaired) electrons. The van der Waals surface area contributed by atoms with E-state index in [1.165, 1.54) is 9.75 Å². The Bertz CT molecular complexity index is 613. The topological polar surface area (TPSA) is 20.3 Å². The monoisotopic (exact) mass is 285 g/mol. The lowest BCUT2D eigenvalue weighted by atomic mass is 10.2. The molecule has 0 saturated carbocycles. The van der Waals surface area contributed by atoms with Crippen LogP contribution >= 0.6 is 11.3 Å². The minimum Gasteiger partial charge on any atom is -0.312 e. The maximum Gasteiger partial charge on any atom is 0.223 e. The molecule has 0 unspecified atom stereocenters. The summed E-state index contributed by atoms with van der Waals surface area (Å²) < 4.78 is 0. The summed E-state index contributed by atoms with van der Waals surface area (Å²) in [6, 6.07) is 14.2. The summed E-state index contributed by atoms with van der Waals surface area (Å²) >= 11 is 1.74. The molecule has 2 rings (SSSR count). The van der Waals surface area contributed by atoms with E-state index in [-0.39, 0.29) is 5.91 Å². The van der Waals surface area contributed by atoms with E-state index in [2.05, 4.69) is 25.1 Å². The number of aryl methyl sites for hydroxylation is 1. The summed E-state index contributed by atoms with van der Waals surface area (Å²) in [6.45, 7) is 6.30. The lowest BCUT2D eigenvalue weighted by Crippen LogP contribution is -2.26. The maximum atomic E-state index is 11.9. The highest BCUT2D eigenvalue weighted by molar-refractivity contribution is 7.12. The number of amides is 1. The molecule has 0 saturated heterocycles. The highest BCUT2D eigenvalue weighted by Crippen LogP contribution is 2.20. The lowest BCUT2D eigenvalue weighted by Gasteiger charge is -2.22. The summed E-state index contributed by atoms with van der Waals surface area (Å²) in [5.74, 6) is 0.0656. The molecule has 0 atom stereocenters. The molecule has 0 bridgehead atoms. The van der Waals surface area contributed by atoms with Gasteiger partial charge in [0, 0.05) is 22.4 Å². The number of hydrogen-bond donors (Lipinski definition) is 0. The van der Waals surface area contributed by atoms with Crippen LogP contribution in [0.1, 0.15) is 29.2 Å². The third kappa shape index (κ3) is 3.81. The predicted molar refractivity (Wildman–Crippen MR) is 85.4 cm³/mol. The average Bonchev–Trinajstić information content (AvgIpc) is 2.82. The number of thiophene rings is 1. The van der Waals surface area contributed by atoms with E-state index in [0.29, 0.717) is 6.54 Å². The first kappa shape index (κ1) is 14.5. The molecule has 0 aliphatic rings. The zero-order valence-electron chi connectivity index (χ0n) is 12.1. The van der Waals surface area contributed by atoms with Gasteiger partial charge >= 0.3 is 0 Å². The Morgan fingerprint density at radius 2 is 1.85 bits per heavy atom. The van der Waals surface area contributed by atoms with Crippen LogP contribution in [0.2, 0.25) is 0 Å². The van der Waals surface area contributed by atoms with Crippen LogP contribution < -0.4 is 0 Å². The number of hydrogen-bond acceptors (Lipinski definition) is 2. The van der Waals surface area contributed by atoms with Gasteiger partial charge in [-0.1, -0.05) is 30.3 Å². The van der Waals surface area contributed by atoms with Crippen molar-refractivity contribution in [3.05, 3.63) is 63.5 Å². The van der Waals surface area contributed by atoms with Gasteiger partial charge in [-0.25, -0.2) is 0 Å². The van der Waals surface area contributed by atoms with Crippen molar-refractivity contribution < 1.29 is 4.79 Å². The van der Waals surface area contributed by atoms with Gasteiger partial charge in [-0.05, 0) is 37.6 Å². The smallest absolute Gasteiger partial charge is 0.223 e. The zero-order valence-corrected chi connectivity index (χ0v) is 12.9. The van der Waals surface area contributed by atoms with Crippen LogP contribution in [-0.4, -0.2) is 10.8 Å². The van der Waals surface area contributed by atoms with Crippen LogP contribution in [0.15, 0.2) is 48.2 Å². The molecule has 0 aliphatic carbocycles. The second kappa shape index (κ2) is 6.53. The molecule has 104 valence electrons. The fourth-order valence-electron chi connectivity index (χ4n) is 2.07. The first-order chi connectivity index (χ1) is 9.56. The van der Waals surface area contributed by atoms with E-state index in [4.69, 9.17) is 0 Å². The molecular formula is C17H19NOS. The summed E-state index contributed by atoms with van der Waals surface area (Å²) in [5.41, 5.74) is 2.11. The summed E-state index contributed by atoms with van der Waals surface area (Å²) in [4.78, 5) is 16.1. The highest BCUT2D eigenvalue weighted by atomic mass is 32.1. The van der Waals surface area contributed by atoms with Crippen molar-refractivity contribution in [2.45, 2.75) is 27.3 Å². The van der Waals surface area contributed by atoms with Gasteiger partial charge in [0.2, 0.25) is 5.91 Å². The second-order valence-electron chi connectivity index (χ2n) is 4.82. The van der Waals surface area contributed by atoms with Gasteiger partial charge in [-0.3, -0.25) is 4.79 Å². The number of carbonyl (C=O) groups excluding carboxylic acids is 1. The Morgan fingerprint density at radius 1 is 1.15 bits per heavy atom. The van der Waals surface area contributed by atoms with Crippen LogP contribution in [0.4, 0.5) is 0 Å². The van der Waals surface area contributed by atoms with Crippen molar-refractivity contribution in [2.24, 2.45) is 0 Å². The van der Waals surface area contributed by atoms with Crippen LogP contribution in [-0.2, 0) is 11.3 Å². The van der Waals surface area contributed by atoms with Crippen molar-refractivity contribution in [3.63, 3.8) is 0 Å². The molecule has 1 aromatic heterocycles. The molecule has 0 spiro atoms. The minimum atomic E-state index is 0.0656. The normalized spacial score (nSPS) is 11.4. The van der Waals surface area contributed by atoms with E-state index >= 15 is 0 Å². The fourth-order valence-corrected chi connectivity index (χ4v) is 2.94. The van der Waals surface area contributed by atoms with Crippen molar-refractivity contribution >= 4 is 23.3 Å². The van der Waals surface area contributed by atoms with Gasteiger partial charge in [0.05, 0.1) is 6.54 Å². The standard InChI is InChI=1S/C17H19NOS/c1-13(11-17-10-9-14(2)20-17)18(15(3)19)12-16-7-5-4-6-8-16/h4-11H,12H2,1-3H3/b13-11-. The Hall–Kier alpha value is -1.87. The third-order valence-corrected chi connectivity index (χ3v) is 4.05. The summed E-state index contributed by atoms with van der Waals surface area (Å²) in [7, 11) is 0. The molecule has 3 heteroatoms.